The molecule has 0 aliphatic rings. The second-order valence-electron chi connectivity index (χ2n) is 6.43. The second-order valence-corrected chi connectivity index (χ2v) is 7.82. The Kier molecular flexibility index (Phi) is 4.52. The van der Waals surface area contributed by atoms with Crippen LogP contribution in [0.25, 0.3) is 16.0 Å². The predicted molar refractivity (Wildman–Crippen MR) is 110 cm³/mol. The second kappa shape index (κ2) is 6.88. The van der Waals surface area contributed by atoms with Crippen molar-refractivity contribution in [3.63, 3.8) is 0 Å². The molecule has 1 N–H and O–H groups in total. The monoisotopic (exact) mass is 417 g/mol. The lowest BCUT2D eigenvalue weighted by atomic mass is 10.2. The number of thiazole rings is 1. The Balaban J connectivity index is 1.65. The van der Waals surface area contributed by atoms with Crippen molar-refractivity contribution in [3.8, 4) is 0 Å². The van der Waals surface area contributed by atoms with Crippen LogP contribution in [-0.4, -0.2) is 44.2 Å². The molecule has 0 atom stereocenters. The summed E-state index contributed by atoms with van der Waals surface area (Å²) in [6.07, 6.45) is 1.38. The highest BCUT2D eigenvalue weighted by atomic mass is 35.5. The van der Waals surface area contributed by atoms with Crippen molar-refractivity contribution in [3.05, 3.63) is 45.6 Å². The van der Waals surface area contributed by atoms with Crippen LogP contribution in [0.4, 0.5) is 10.8 Å². The number of halogens is 1. The first-order valence-electron chi connectivity index (χ1n) is 8.31. The standard InChI is InChI=1S/C17H16ClN7O2S/c1-9-4-5-10(6-11(9)18)20-12(26)7-25-17(27)24-8-19-14-13(15(24)22-25)28-16(21-14)23(2)3/h4-6,8H,7H2,1-3H3,(H,20,26). The van der Waals surface area contributed by atoms with Crippen LogP contribution in [0.3, 0.4) is 0 Å². The Morgan fingerprint density at radius 1 is 1.36 bits per heavy atom. The maximum Gasteiger partial charge on any atom is 0.352 e. The highest BCUT2D eigenvalue weighted by molar-refractivity contribution is 7.22. The number of fused-ring (bicyclic) bond motifs is 3. The van der Waals surface area contributed by atoms with Crippen LogP contribution < -0.4 is 15.9 Å². The van der Waals surface area contributed by atoms with E-state index in [1.54, 1.807) is 12.1 Å². The van der Waals surface area contributed by atoms with E-state index in [1.165, 1.54) is 22.1 Å². The van der Waals surface area contributed by atoms with E-state index in [0.29, 0.717) is 26.7 Å². The number of nitrogens with one attached hydrogen (secondary N) is 1. The Morgan fingerprint density at radius 2 is 2.14 bits per heavy atom. The van der Waals surface area contributed by atoms with Gasteiger partial charge in [-0.2, -0.15) is 4.98 Å². The number of carbonyl (C=O) groups excluding carboxylic acids is 1. The smallest absolute Gasteiger partial charge is 0.352 e. The zero-order valence-electron chi connectivity index (χ0n) is 15.3. The van der Waals surface area contributed by atoms with Gasteiger partial charge in [0.2, 0.25) is 5.91 Å². The van der Waals surface area contributed by atoms with E-state index < -0.39 is 5.69 Å². The summed E-state index contributed by atoms with van der Waals surface area (Å²) in [6, 6.07) is 5.22. The molecular formula is C17H16ClN7O2S. The van der Waals surface area contributed by atoms with Crippen LogP contribution in [0.2, 0.25) is 5.02 Å². The van der Waals surface area contributed by atoms with Gasteiger partial charge in [0.25, 0.3) is 0 Å². The van der Waals surface area contributed by atoms with Crippen molar-refractivity contribution in [2.75, 3.05) is 24.3 Å². The minimum atomic E-state index is -0.443. The van der Waals surface area contributed by atoms with Crippen LogP contribution in [-0.2, 0) is 11.3 Å². The van der Waals surface area contributed by atoms with Gasteiger partial charge in [-0.1, -0.05) is 29.0 Å². The van der Waals surface area contributed by atoms with Crippen LogP contribution in [0.15, 0.2) is 29.3 Å². The van der Waals surface area contributed by atoms with Gasteiger partial charge in [-0.15, -0.1) is 5.10 Å². The molecule has 4 aromatic rings. The number of benzene rings is 1. The van der Waals surface area contributed by atoms with Gasteiger partial charge < -0.3 is 10.2 Å². The molecule has 3 aromatic heterocycles. The first-order chi connectivity index (χ1) is 13.3. The number of nitrogens with zero attached hydrogens (tertiary/aromatic N) is 6. The van der Waals surface area contributed by atoms with Gasteiger partial charge in [-0.3, -0.25) is 4.79 Å². The first kappa shape index (κ1) is 18.4. The van der Waals surface area contributed by atoms with Crippen LogP contribution in [0.1, 0.15) is 5.56 Å². The van der Waals surface area contributed by atoms with Gasteiger partial charge >= 0.3 is 5.69 Å². The highest BCUT2D eigenvalue weighted by Gasteiger charge is 2.17. The molecule has 4 rings (SSSR count). The number of carbonyl (C=O) groups is 1. The third-order valence-electron chi connectivity index (χ3n) is 4.10. The average Bonchev–Trinajstić information content (AvgIpc) is 3.20. The molecule has 0 saturated carbocycles. The molecule has 1 amide bonds. The largest absolute Gasteiger partial charge is 0.354 e. The van der Waals surface area contributed by atoms with E-state index in [-0.39, 0.29) is 12.5 Å². The van der Waals surface area contributed by atoms with Gasteiger partial charge in [0.05, 0.1) is 0 Å². The van der Waals surface area contributed by atoms with Gasteiger partial charge in [-0.05, 0) is 24.6 Å². The molecular weight excluding hydrogens is 402 g/mol. The fourth-order valence-corrected chi connectivity index (χ4v) is 3.73. The van der Waals surface area contributed by atoms with Gasteiger partial charge in [0.1, 0.15) is 17.6 Å². The molecule has 9 nitrogen and oxygen atoms in total. The number of hydrogen-bond acceptors (Lipinski definition) is 7. The Morgan fingerprint density at radius 3 is 2.86 bits per heavy atom. The lowest BCUT2D eigenvalue weighted by Crippen LogP contribution is -2.28. The fourth-order valence-electron chi connectivity index (χ4n) is 2.63. The highest BCUT2D eigenvalue weighted by Crippen LogP contribution is 2.28. The van der Waals surface area contributed by atoms with E-state index in [4.69, 9.17) is 11.6 Å². The zero-order valence-corrected chi connectivity index (χ0v) is 16.9. The maximum atomic E-state index is 12.6. The van der Waals surface area contributed by atoms with Gasteiger partial charge in [-0.25, -0.2) is 18.9 Å². The third kappa shape index (κ3) is 3.20. The Hall–Kier alpha value is -2.98. The van der Waals surface area contributed by atoms with E-state index in [1.807, 2.05) is 32.0 Å². The molecule has 1 aromatic carbocycles. The number of anilines is 2. The number of rotatable bonds is 4. The lowest BCUT2D eigenvalue weighted by molar-refractivity contribution is -0.117. The summed E-state index contributed by atoms with van der Waals surface area (Å²) >= 11 is 7.46. The summed E-state index contributed by atoms with van der Waals surface area (Å²) in [7, 11) is 3.75. The van der Waals surface area contributed by atoms with Crippen molar-refractivity contribution in [2.24, 2.45) is 0 Å². The Labute approximate surface area is 168 Å². The van der Waals surface area contributed by atoms with Crippen molar-refractivity contribution in [1.29, 1.82) is 0 Å². The van der Waals surface area contributed by atoms with E-state index in [9.17, 15) is 9.59 Å². The summed E-state index contributed by atoms with van der Waals surface area (Å²) < 4.78 is 3.11. The minimum absolute atomic E-state index is 0.229. The molecule has 0 radical (unpaired) electrons. The molecule has 11 heteroatoms. The van der Waals surface area contributed by atoms with Gasteiger partial charge in [0, 0.05) is 24.8 Å². The van der Waals surface area contributed by atoms with E-state index in [0.717, 1.165) is 15.4 Å². The molecule has 144 valence electrons. The maximum absolute atomic E-state index is 12.6. The quantitative estimate of drug-likeness (QED) is 0.546. The van der Waals surface area contributed by atoms with Crippen LogP contribution in [0, 0.1) is 6.92 Å². The molecule has 0 saturated heterocycles. The lowest BCUT2D eigenvalue weighted by Gasteiger charge is -2.06. The van der Waals surface area contributed by atoms with Crippen molar-refractivity contribution >= 4 is 55.7 Å². The van der Waals surface area contributed by atoms with Crippen LogP contribution in [0.5, 0.6) is 0 Å². The van der Waals surface area contributed by atoms with Crippen molar-refractivity contribution in [1.82, 2.24) is 24.1 Å². The zero-order chi connectivity index (χ0) is 20.0. The first-order valence-corrected chi connectivity index (χ1v) is 9.51. The predicted octanol–water partition coefficient (Wildman–Crippen LogP) is 2.17. The molecule has 0 aliphatic carbocycles. The molecule has 0 aliphatic heterocycles. The van der Waals surface area contributed by atoms with Gasteiger partial charge in [0.15, 0.2) is 16.4 Å². The summed E-state index contributed by atoms with van der Waals surface area (Å²) in [5, 5.41) is 8.35. The summed E-state index contributed by atoms with van der Waals surface area (Å²) in [5.41, 5.74) is 1.96. The SMILES string of the molecule is Cc1ccc(NC(=O)Cn2nc3c4sc(N(C)C)nc4ncn3c2=O)cc1Cl. The topological polar surface area (TPSA) is 97.4 Å². The number of amides is 1. The summed E-state index contributed by atoms with van der Waals surface area (Å²) in [5.74, 6) is -0.382. The van der Waals surface area contributed by atoms with Crippen molar-refractivity contribution in [2.45, 2.75) is 13.5 Å². The summed E-state index contributed by atoms with van der Waals surface area (Å²) in [4.78, 5) is 35.5. The van der Waals surface area contributed by atoms with E-state index >= 15 is 0 Å². The summed E-state index contributed by atoms with van der Waals surface area (Å²) in [6.45, 7) is 1.65. The molecule has 3 heterocycles. The number of aryl methyl sites for hydroxylation is 1. The van der Waals surface area contributed by atoms with Crippen molar-refractivity contribution < 1.29 is 4.79 Å². The third-order valence-corrected chi connectivity index (χ3v) is 5.71. The molecule has 0 fully saturated rings. The fraction of sp³-hybridized carbons (Fsp3) is 0.235. The average molecular weight is 418 g/mol. The number of aromatic nitrogens is 5. The number of hydrogen-bond donors (Lipinski definition) is 1. The molecule has 0 bridgehead atoms. The molecule has 0 spiro atoms. The molecule has 28 heavy (non-hydrogen) atoms. The minimum Gasteiger partial charge on any atom is -0.354 e. The Bertz CT molecular complexity index is 1270. The molecule has 0 unspecified atom stereocenters. The normalized spacial score (nSPS) is 11.3. The van der Waals surface area contributed by atoms with Crippen LogP contribution >= 0.6 is 22.9 Å². The van der Waals surface area contributed by atoms with E-state index in [2.05, 4.69) is 20.4 Å².